The first kappa shape index (κ1) is 35.2. The molecule has 1 aromatic heterocycles. The van der Waals surface area contributed by atoms with E-state index in [1.165, 1.54) is 30.8 Å². The predicted molar refractivity (Wildman–Crippen MR) is 184 cm³/mol. The molecule has 246 valence electrons. The fourth-order valence-corrected chi connectivity index (χ4v) is 10.0. The van der Waals surface area contributed by atoms with E-state index in [4.69, 9.17) is 18.3 Å². The number of methoxy groups -OCH3 is 1. The number of hydrogen-bond donors (Lipinski definition) is 0. The molecule has 2 bridgehead atoms. The van der Waals surface area contributed by atoms with Gasteiger partial charge in [-0.1, -0.05) is 34.6 Å². The van der Waals surface area contributed by atoms with Gasteiger partial charge in [0.15, 0.2) is 0 Å². The van der Waals surface area contributed by atoms with Crippen molar-refractivity contribution in [1.82, 2.24) is 9.88 Å². The lowest BCUT2D eigenvalue weighted by Gasteiger charge is -2.52. The summed E-state index contributed by atoms with van der Waals surface area (Å²) < 4.78 is 23.7. The zero-order valence-corrected chi connectivity index (χ0v) is 30.4. The van der Waals surface area contributed by atoms with E-state index in [0.717, 1.165) is 48.1 Å². The number of carbonyl (C=O) groups is 1. The minimum Gasteiger partial charge on any atom is -0.497 e. The van der Waals surface area contributed by atoms with Crippen molar-refractivity contribution in [2.24, 2.45) is 17.3 Å². The third kappa shape index (κ3) is 8.38. The molecule has 3 fully saturated rings. The average Bonchev–Trinajstić information content (AvgIpc) is 3.00. The minimum atomic E-state index is -2.17. The molecule has 0 aliphatic carbocycles. The van der Waals surface area contributed by atoms with E-state index in [1.807, 2.05) is 30.5 Å². The summed E-state index contributed by atoms with van der Waals surface area (Å²) in [6.45, 7) is 15.2. The zero-order chi connectivity index (χ0) is 32.1. The van der Waals surface area contributed by atoms with Gasteiger partial charge in [-0.05, 0) is 98.2 Å². The number of carbonyl (C=O) groups excluding carboxylic acids is 1. The van der Waals surface area contributed by atoms with E-state index in [9.17, 15) is 4.79 Å². The standard InChI is InChI=1S/C35H56N2O5SSi/c1-34(2,3)23-32(38)42-33(28-13-17-36-30-12-11-27(39-6)22-29(28)30)31-21-25-14-18-37(31)24-26(25)15-20-43-19-10-16-35(4,5)44(9,40-7)41-8/h11-13,17,22,25-26,31,33H,10,14-16,18-21,23-24H2,1-9H3/t25?,26?,31-,33?/m0/s1. The molecule has 3 saturated heterocycles. The van der Waals surface area contributed by atoms with Gasteiger partial charge in [0, 0.05) is 42.9 Å². The molecule has 0 spiro atoms. The number of thioether (sulfide) groups is 1. The highest BCUT2D eigenvalue weighted by Gasteiger charge is 2.46. The Kier molecular flexibility index (Phi) is 11.9. The molecular weight excluding hydrogens is 589 g/mol. The molecule has 4 heterocycles. The van der Waals surface area contributed by atoms with Crippen LogP contribution in [0, 0.1) is 17.3 Å². The predicted octanol–water partition coefficient (Wildman–Crippen LogP) is 8.02. The lowest BCUT2D eigenvalue weighted by Crippen LogP contribution is -2.56. The van der Waals surface area contributed by atoms with Crippen molar-refractivity contribution in [3.05, 3.63) is 36.0 Å². The van der Waals surface area contributed by atoms with Crippen LogP contribution in [0.25, 0.3) is 10.9 Å². The van der Waals surface area contributed by atoms with Crippen LogP contribution in [0.1, 0.15) is 84.8 Å². The third-order valence-electron chi connectivity index (χ3n) is 10.2. The van der Waals surface area contributed by atoms with Crippen LogP contribution in [-0.4, -0.2) is 76.4 Å². The van der Waals surface area contributed by atoms with Gasteiger partial charge in [0.05, 0.1) is 25.1 Å². The molecule has 4 unspecified atom stereocenters. The van der Waals surface area contributed by atoms with Crippen molar-refractivity contribution in [3.63, 3.8) is 0 Å². The highest BCUT2D eigenvalue weighted by Crippen LogP contribution is 2.45. The maximum absolute atomic E-state index is 13.3. The molecule has 2 aromatic rings. The lowest BCUT2D eigenvalue weighted by molar-refractivity contribution is -0.160. The Hall–Kier alpha value is -1.65. The van der Waals surface area contributed by atoms with Crippen molar-refractivity contribution in [2.45, 2.75) is 96.9 Å². The molecule has 0 radical (unpaired) electrons. The van der Waals surface area contributed by atoms with Crippen LogP contribution in [-0.2, 0) is 18.4 Å². The monoisotopic (exact) mass is 644 g/mol. The van der Waals surface area contributed by atoms with Crippen molar-refractivity contribution in [1.29, 1.82) is 0 Å². The highest BCUT2D eigenvalue weighted by atomic mass is 32.2. The minimum absolute atomic E-state index is 0.0834. The second-order valence-electron chi connectivity index (χ2n) is 14.8. The van der Waals surface area contributed by atoms with Crippen molar-refractivity contribution in [3.8, 4) is 5.75 Å². The molecule has 0 amide bonds. The van der Waals surface area contributed by atoms with Gasteiger partial charge in [-0.3, -0.25) is 14.7 Å². The molecule has 9 heteroatoms. The number of rotatable bonds is 15. The Balaban J connectivity index is 1.41. The molecule has 7 nitrogen and oxygen atoms in total. The van der Waals surface area contributed by atoms with Gasteiger partial charge < -0.3 is 18.3 Å². The number of fused-ring (bicyclic) bond motifs is 4. The van der Waals surface area contributed by atoms with Crippen LogP contribution in [0.4, 0.5) is 0 Å². The van der Waals surface area contributed by atoms with Crippen LogP contribution in [0.15, 0.2) is 30.5 Å². The third-order valence-corrected chi connectivity index (χ3v) is 15.6. The molecular formula is C35H56N2O5SSi. The number of ether oxygens (including phenoxy) is 2. The maximum atomic E-state index is 13.3. The molecule has 3 aliphatic rings. The smallest absolute Gasteiger partial charge is 0.340 e. The van der Waals surface area contributed by atoms with Crippen LogP contribution in [0.3, 0.4) is 0 Å². The van der Waals surface area contributed by atoms with Gasteiger partial charge in [-0.2, -0.15) is 11.8 Å². The summed E-state index contributed by atoms with van der Waals surface area (Å²) in [4.78, 5) is 20.5. The van der Waals surface area contributed by atoms with Crippen molar-refractivity contribution in [2.75, 3.05) is 45.9 Å². The van der Waals surface area contributed by atoms with Gasteiger partial charge in [-0.25, -0.2) is 0 Å². The average molecular weight is 645 g/mol. The molecule has 3 aliphatic heterocycles. The zero-order valence-electron chi connectivity index (χ0n) is 28.6. The number of hydrogen-bond acceptors (Lipinski definition) is 8. The summed E-state index contributed by atoms with van der Waals surface area (Å²) >= 11 is 2.09. The molecule has 0 saturated carbocycles. The Labute approximate surface area is 271 Å². The van der Waals surface area contributed by atoms with Gasteiger partial charge in [0.2, 0.25) is 0 Å². The summed E-state index contributed by atoms with van der Waals surface area (Å²) in [6, 6.07) is 8.17. The summed E-state index contributed by atoms with van der Waals surface area (Å²) in [7, 11) is 3.10. The fourth-order valence-electron chi connectivity index (χ4n) is 7.12. The molecule has 5 rings (SSSR count). The number of piperidine rings is 3. The van der Waals surface area contributed by atoms with Crippen LogP contribution in [0.5, 0.6) is 5.75 Å². The summed E-state index contributed by atoms with van der Waals surface area (Å²) in [5, 5.41) is 1.08. The largest absolute Gasteiger partial charge is 0.497 e. The van der Waals surface area contributed by atoms with E-state index < -0.39 is 8.56 Å². The topological polar surface area (TPSA) is 70.1 Å². The summed E-state index contributed by atoms with van der Waals surface area (Å²) in [6.07, 6.45) is 7.73. The highest BCUT2D eigenvalue weighted by molar-refractivity contribution is 7.99. The van der Waals surface area contributed by atoms with E-state index in [0.29, 0.717) is 18.3 Å². The fraction of sp³-hybridized carbons (Fsp3) is 0.714. The molecule has 0 N–H and O–H groups in total. The van der Waals surface area contributed by atoms with Gasteiger partial charge in [0.1, 0.15) is 11.9 Å². The first-order chi connectivity index (χ1) is 20.8. The number of esters is 1. The Morgan fingerprint density at radius 1 is 1.11 bits per heavy atom. The quantitative estimate of drug-likeness (QED) is 0.110. The lowest BCUT2D eigenvalue weighted by atomic mass is 9.72. The summed E-state index contributed by atoms with van der Waals surface area (Å²) in [5.41, 5.74) is 1.79. The number of nitrogens with zero attached hydrogens (tertiary/aromatic N) is 2. The van der Waals surface area contributed by atoms with E-state index in [-0.39, 0.29) is 28.6 Å². The van der Waals surface area contributed by atoms with Crippen LogP contribution < -0.4 is 4.74 Å². The van der Waals surface area contributed by atoms with Crippen LogP contribution >= 0.6 is 11.8 Å². The van der Waals surface area contributed by atoms with E-state index in [2.05, 4.69) is 62.8 Å². The van der Waals surface area contributed by atoms with E-state index in [1.54, 1.807) is 21.3 Å². The molecule has 1 aromatic carbocycles. The molecule has 5 atom stereocenters. The number of benzene rings is 1. The van der Waals surface area contributed by atoms with Gasteiger partial charge >= 0.3 is 14.5 Å². The Morgan fingerprint density at radius 2 is 1.86 bits per heavy atom. The Bertz CT molecular complexity index is 1250. The first-order valence-electron chi connectivity index (χ1n) is 16.3. The van der Waals surface area contributed by atoms with E-state index >= 15 is 0 Å². The SMILES string of the molecule is COc1ccc2nccc(C(OC(=O)CC(C)(C)C)[C@@H]3CC4CCN3CC4CCSCCCC(C)(C)[Si](C)(OC)OC)c2c1. The molecule has 44 heavy (non-hydrogen) atoms. The normalized spacial score (nSPS) is 23.1. The first-order valence-corrected chi connectivity index (χ1v) is 19.8. The van der Waals surface area contributed by atoms with Crippen LogP contribution in [0.2, 0.25) is 11.6 Å². The second kappa shape index (κ2) is 14.8. The van der Waals surface area contributed by atoms with Crippen molar-refractivity contribution < 1.29 is 23.1 Å². The second-order valence-corrected chi connectivity index (χ2v) is 20.1. The maximum Gasteiger partial charge on any atom is 0.340 e. The summed E-state index contributed by atoms with van der Waals surface area (Å²) in [5.74, 6) is 4.38. The van der Waals surface area contributed by atoms with Gasteiger partial charge in [0.25, 0.3) is 0 Å². The van der Waals surface area contributed by atoms with Gasteiger partial charge in [-0.15, -0.1) is 0 Å². The van der Waals surface area contributed by atoms with Crippen molar-refractivity contribution >= 4 is 37.2 Å². The Morgan fingerprint density at radius 3 is 2.50 bits per heavy atom. The number of pyridine rings is 1. The number of aromatic nitrogens is 1.